The number of hydrogen-bond donors (Lipinski definition) is 0. The molecular formula is C24H21Cl2NS2. The fourth-order valence-corrected chi connectivity index (χ4v) is 4.92. The second kappa shape index (κ2) is 11.5. The lowest BCUT2D eigenvalue weighted by Crippen LogP contribution is -1.93. The lowest BCUT2D eigenvalue weighted by Gasteiger charge is -2.04. The van der Waals surface area contributed by atoms with Crippen LogP contribution in [0.25, 0.3) is 0 Å². The first-order valence-corrected chi connectivity index (χ1v) is 11.8. The fraction of sp³-hybridized carbons (Fsp3) is 0.125. The highest BCUT2D eigenvalue weighted by molar-refractivity contribution is 8.14. The second-order valence-electron chi connectivity index (χ2n) is 6.40. The maximum absolute atomic E-state index is 6.09. The van der Waals surface area contributed by atoms with Crippen LogP contribution in [0.5, 0.6) is 0 Å². The van der Waals surface area contributed by atoms with E-state index in [1.807, 2.05) is 35.7 Å². The van der Waals surface area contributed by atoms with Gasteiger partial charge in [0.25, 0.3) is 0 Å². The van der Waals surface area contributed by atoms with Crippen molar-refractivity contribution in [1.82, 2.24) is 0 Å². The molecule has 0 N–H and O–H groups in total. The van der Waals surface area contributed by atoms with E-state index in [2.05, 4.69) is 49.4 Å². The Morgan fingerprint density at radius 2 is 1.62 bits per heavy atom. The molecule has 0 heterocycles. The third kappa shape index (κ3) is 7.94. The van der Waals surface area contributed by atoms with Crippen molar-refractivity contribution < 1.29 is 0 Å². The molecule has 3 aromatic rings. The molecule has 0 aliphatic rings. The van der Waals surface area contributed by atoms with Crippen molar-refractivity contribution in [2.45, 2.75) is 18.2 Å². The van der Waals surface area contributed by atoms with Crippen molar-refractivity contribution in [2.24, 2.45) is 4.99 Å². The molecule has 3 aromatic carbocycles. The van der Waals surface area contributed by atoms with Gasteiger partial charge in [-0.05, 0) is 60.7 Å². The van der Waals surface area contributed by atoms with Crippen LogP contribution < -0.4 is 0 Å². The molecule has 1 nitrogen and oxygen atoms in total. The fourth-order valence-electron chi connectivity index (χ4n) is 2.55. The summed E-state index contributed by atoms with van der Waals surface area (Å²) in [6.45, 7) is 2.08. The molecule has 0 aromatic heterocycles. The molecule has 0 aliphatic heterocycles. The smallest absolute Gasteiger partial charge is 0.0972 e. The summed E-state index contributed by atoms with van der Waals surface area (Å²) in [6.07, 6.45) is 3.05. The summed E-state index contributed by atoms with van der Waals surface area (Å²) in [5.74, 6) is 0.965. The van der Waals surface area contributed by atoms with Crippen LogP contribution in [0, 0.1) is 6.92 Å². The maximum Gasteiger partial charge on any atom is 0.0972 e. The third-order valence-electron chi connectivity index (χ3n) is 4.01. The number of rotatable bonds is 7. The molecule has 0 saturated carbocycles. The van der Waals surface area contributed by atoms with E-state index in [-0.39, 0.29) is 0 Å². The number of halogens is 2. The average molecular weight is 458 g/mol. The monoisotopic (exact) mass is 457 g/mol. The molecule has 0 radical (unpaired) electrons. The van der Waals surface area contributed by atoms with Gasteiger partial charge in [-0.2, -0.15) is 0 Å². The van der Waals surface area contributed by atoms with E-state index < -0.39 is 0 Å². The van der Waals surface area contributed by atoms with Gasteiger partial charge in [-0.1, -0.05) is 83.0 Å². The summed E-state index contributed by atoms with van der Waals surface area (Å²) < 4.78 is 0. The summed E-state index contributed by atoms with van der Waals surface area (Å²) >= 11 is 15.5. The van der Waals surface area contributed by atoms with Crippen LogP contribution in [0.3, 0.4) is 0 Å². The van der Waals surface area contributed by atoms with Gasteiger partial charge in [0.2, 0.25) is 0 Å². The van der Waals surface area contributed by atoms with E-state index >= 15 is 0 Å². The molecule has 29 heavy (non-hydrogen) atoms. The summed E-state index contributed by atoms with van der Waals surface area (Å²) in [6, 6.07) is 24.3. The molecule has 0 saturated heterocycles. The first-order chi connectivity index (χ1) is 14.1. The highest BCUT2D eigenvalue weighted by Gasteiger charge is 2.01. The van der Waals surface area contributed by atoms with E-state index in [1.165, 1.54) is 11.1 Å². The average Bonchev–Trinajstić information content (AvgIpc) is 2.69. The Labute approximate surface area is 191 Å². The van der Waals surface area contributed by atoms with Crippen LogP contribution in [0.15, 0.2) is 94.2 Å². The predicted molar refractivity (Wildman–Crippen MR) is 132 cm³/mol. The van der Waals surface area contributed by atoms with Crippen LogP contribution in [0.2, 0.25) is 10.0 Å². The molecule has 0 spiro atoms. The largest absolute Gasteiger partial charge is 0.242 e. The van der Waals surface area contributed by atoms with Crippen LogP contribution in [0.1, 0.15) is 11.1 Å². The van der Waals surface area contributed by atoms with Crippen LogP contribution in [0.4, 0.5) is 5.69 Å². The predicted octanol–water partition coefficient (Wildman–Crippen LogP) is 8.61. The van der Waals surface area contributed by atoms with Crippen LogP contribution in [-0.2, 0) is 6.42 Å². The van der Waals surface area contributed by atoms with Crippen LogP contribution in [-0.4, -0.2) is 10.8 Å². The number of thioether (sulfide) groups is 2. The van der Waals surface area contributed by atoms with Crippen molar-refractivity contribution in [3.8, 4) is 0 Å². The van der Waals surface area contributed by atoms with Gasteiger partial charge in [0.15, 0.2) is 0 Å². The van der Waals surface area contributed by atoms with E-state index in [1.54, 1.807) is 29.6 Å². The van der Waals surface area contributed by atoms with Crippen molar-refractivity contribution in [1.29, 1.82) is 0 Å². The van der Waals surface area contributed by atoms with Crippen molar-refractivity contribution in [2.75, 3.05) is 5.75 Å². The highest BCUT2D eigenvalue weighted by Crippen LogP contribution is 2.28. The van der Waals surface area contributed by atoms with Gasteiger partial charge in [-0.25, -0.2) is 4.99 Å². The van der Waals surface area contributed by atoms with E-state index in [4.69, 9.17) is 28.2 Å². The van der Waals surface area contributed by atoms with Gasteiger partial charge in [0.1, 0.15) is 0 Å². The van der Waals surface area contributed by atoms with E-state index in [9.17, 15) is 0 Å². The first-order valence-electron chi connectivity index (χ1n) is 9.20. The van der Waals surface area contributed by atoms with Crippen molar-refractivity contribution in [3.05, 3.63) is 105 Å². The molecular weight excluding hydrogens is 437 g/mol. The normalized spacial score (nSPS) is 11.9. The molecule has 0 fully saturated rings. The van der Waals surface area contributed by atoms with Gasteiger partial charge < -0.3 is 0 Å². The second-order valence-corrected chi connectivity index (χ2v) is 9.36. The van der Waals surface area contributed by atoms with Gasteiger partial charge in [0, 0.05) is 20.7 Å². The molecule has 5 heteroatoms. The maximum atomic E-state index is 6.09. The summed E-state index contributed by atoms with van der Waals surface area (Å²) in [5, 5.41) is 4.29. The molecule has 0 unspecified atom stereocenters. The first kappa shape index (κ1) is 22.0. The Hall–Kier alpha value is -1.65. The molecule has 3 rings (SSSR count). The molecule has 0 amide bonds. The highest BCUT2D eigenvalue weighted by atomic mass is 35.5. The Kier molecular flexibility index (Phi) is 8.75. The third-order valence-corrected chi connectivity index (χ3v) is 6.16. The zero-order valence-electron chi connectivity index (χ0n) is 16.0. The quantitative estimate of drug-likeness (QED) is 0.200. The minimum atomic E-state index is 0.638. The van der Waals surface area contributed by atoms with Crippen molar-refractivity contribution >= 4 is 57.5 Å². The molecule has 0 bridgehead atoms. The van der Waals surface area contributed by atoms with Crippen molar-refractivity contribution in [3.63, 3.8) is 0 Å². The topological polar surface area (TPSA) is 12.4 Å². The Morgan fingerprint density at radius 3 is 2.31 bits per heavy atom. The Balaban J connectivity index is 1.69. The number of aryl methyl sites for hydroxylation is 2. The number of benzene rings is 3. The number of nitrogens with zero attached hydrogens (tertiary/aromatic N) is 1. The Morgan fingerprint density at radius 1 is 0.931 bits per heavy atom. The standard InChI is InChI=1S/C24H21Cl2NS2/c1-18-7-9-22(10-8-18)27-24(29-13-11-19-5-3-2-4-6-19)12-14-28-23-16-20(25)15-21(26)17-23/h2-10,12,14-17H,11,13H2,1H3. The van der Waals surface area contributed by atoms with Gasteiger partial charge in [0.05, 0.1) is 10.7 Å². The summed E-state index contributed by atoms with van der Waals surface area (Å²) in [5.41, 5.74) is 3.52. The van der Waals surface area contributed by atoms with Gasteiger partial charge in [-0.3, -0.25) is 0 Å². The SMILES string of the molecule is Cc1ccc(N=C(C=CSc2cc(Cl)cc(Cl)c2)SCCc2ccccc2)cc1. The zero-order chi connectivity index (χ0) is 20.5. The summed E-state index contributed by atoms with van der Waals surface area (Å²) in [4.78, 5) is 5.83. The minimum Gasteiger partial charge on any atom is -0.242 e. The van der Waals surface area contributed by atoms with Gasteiger partial charge in [-0.15, -0.1) is 11.8 Å². The Bertz CT molecular complexity index is 963. The molecule has 148 valence electrons. The lowest BCUT2D eigenvalue weighted by atomic mass is 10.2. The van der Waals surface area contributed by atoms with E-state index in [0.29, 0.717) is 10.0 Å². The number of aliphatic imine (C=N–C) groups is 1. The van der Waals surface area contributed by atoms with E-state index in [0.717, 1.165) is 27.8 Å². The lowest BCUT2D eigenvalue weighted by molar-refractivity contribution is 1.16. The minimum absolute atomic E-state index is 0.638. The van der Waals surface area contributed by atoms with Gasteiger partial charge >= 0.3 is 0 Å². The summed E-state index contributed by atoms with van der Waals surface area (Å²) in [7, 11) is 0. The molecule has 0 aliphatic carbocycles. The number of hydrogen-bond acceptors (Lipinski definition) is 3. The molecule has 0 atom stereocenters. The zero-order valence-corrected chi connectivity index (χ0v) is 19.2. The van der Waals surface area contributed by atoms with Crippen LogP contribution >= 0.6 is 46.7 Å².